The largest absolute Gasteiger partial charge is 0.376 e. The molecule has 4 rings (SSSR count). The van der Waals surface area contributed by atoms with Gasteiger partial charge in [-0.2, -0.15) is 0 Å². The minimum absolute atomic E-state index is 0.0256. The lowest BCUT2D eigenvalue weighted by atomic mass is 10.1. The summed E-state index contributed by atoms with van der Waals surface area (Å²) < 4.78 is 5.71. The maximum Gasteiger partial charge on any atom is 0.274 e. The minimum atomic E-state index is -0.257. The number of rotatable bonds is 5. The maximum atomic E-state index is 13.0. The summed E-state index contributed by atoms with van der Waals surface area (Å²) in [7, 11) is 0. The molecule has 1 saturated heterocycles. The third-order valence-corrected chi connectivity index (χ3v) is 5.04. The molecular formula is C21H22N4O3. The summed E-state index contributed by atoms with van der Waals surface area (Å²) in [6, 6.07) is 7.72. The zero-order chi connectivity index (χ0) is 19.5. The summed E-state index contributed by atoms with van der Waals surface area (Å²) in [5.74, 6) is -0.257. The first-order chi connectivity index (χ1) is 13.6. The average molecular weight is 378 g/mol. The highest BCUT2D eigenvalue weighted by Gasteiger charge is 2.25. The number of carbonyl (C=O) groups is 1. The Kier molecular flexibility index (Phi) is 5.16. The van der Waals surface area contributed by atoms with Gasteiger partial charge in [0, 0.05) is 31.1 Å². The number of aromatic nitrogens is 3. The molecule has 7 nitrogen and oxygen atoms in total. The second-order valence-corrected chi connectivity index (χ2v) is 7.07. The lowest BCUT2D eigenvalue weighted by molar-refractivity contribution is 0.0501. The van der Waals surface area contributed by atoms with Crippen molar-refractivity contribution in [2.45, 2.75) is 32.4 Å². The van der Waals surface area contributed by atoms with Gasteiger partial charge < -0.3 is 14.6 Å². The van der Waals surface area contributed by atoms with E-state index in [0.29, 0.717) is 18.7 Å². The highest BCUT2D eigenvalue weighted by molar-refractivity contribution is 5.92. The summed E-state index contributed by atoms with van der Waals surface area (Å²) >= 11 is 0. The number of H-pyrrole nitrogens is 1. The SMILES string of the molecule is Cc1cccc2cc(CN(CC3CCCO3)C(=O)c3cnccn3)c(=O)[nH]c12. The van der Waals surface area contributed by atoms with Gasteiger partial charge in [0.05, 0.1) is 24.4 Å². The van der Waals surface area contributed by atoms with E-state index in [4.69, 9.17) is 4.74 Å². The number of nitrogens with zero attached hydrogens (tertiary/aromatic N) is 3. The number of hydrogen-bond acceptors (Lipinski definition) is 5. The highest BCUT2D eigenvalue weighted by atomic mass is 16.5. The van der Waals surface area contributed by atoms with Crippen LogP contribution in [-0.4, -0.2) is 45.0 Å². The molecular weight excluding hydrogens is 356 g/mol. The predicted octanol–water partition coefficient (Wildman–Crippen LogP) is 2.45. The normalized spacial score (nSPS) is 16.4. The fraction of sp³-hybridized carbons (Fsp3) is 0.333. The van der Waals surface area contributed by atoms with Gasteiger partial charge in [0.2, 0.25) is 0 Å². The van der Waals surface area contributed by atoms with E-state index in [1.54, 1.807) is 4.90 Å². The minimum Gasteiger partial charge on any atom is -0.376 e. The van der Waals surface area contributed by atoms with Crippen LogP contribution in [0, 0.1) is 6.92 Å². The van der Waals surface area contributed by atoms with Crippen molar-refractivity contribution >= 4 is 16.8 Å². The van der Waals surface area contributed by atoms with E-state index in [-0.39, 0.29) is 29.8 Å². The van der Waals surface area contributed by atoms with Crippen LogP contribution in [0.2, 0.25) is 0 Å². The van der Waals surface area contributed by atoms with Crippen LogP contribution < -0.4 is 5.56 Å². The fourth-order valence-electron chi connectivity index (χ4n) is 3.58. The van der Waals surface area contributed by atoms with Gasteiger partial charge in [0.25, 0.3) is 11.5 Å². The van der Waals surface area contributed by atoms with Crippen LogP contribution in [0.25, 0.3) is 10.9 Å². The molecule has 7 heteroatoms. The number of hydrogen-bond donors (Lipinski definition) is 1. The van der Waals surface area contributed by atoms with Crippen LogP contribution in [0.3, 0.4) is 0 Å². The van der Waals surface area contributed by atoms with Crippen molar-refractivity contribution in [2.24, 2.45) is 0 Å². The van der Waals surface area contributed by atoms with Gasteiger partial charge in [-0.25, -0.2) is 4.98 Å². The lowest BCUT2D eigenvalue weighted by Gasteiger charge is -2.25. The topological polar surface area (TPSA) is 88.2 Å². The van der Waals surface area contributed by atoms with Crippen LogP contribution in [0.1, 0.15) is 34.5 Å². The molecule has 1 N–H and O–H groups in total. The van der Waals surface area contributed by atoms with E-state index in [2.05, 4.69) is 15.0 Å². The van der Waals surface area contributed by atoms with Gasteiger partial charge in [0.1, 0.15) is 5.69 Å². The molecule has 0 spiro atoms. The maximum absolute atomic E-state index is 13.0. The Morgan fingerprint density at radius 3 is 3.00 bits per heavy atom. The number of aromatic amines is 1. The van der Waals surface area contributed by atoms with Crippen molar-refractivity contribution in [2.75, 3.05) is 13.2 Å². The second kappa shape index (κ2) is 7.90. The summed E-state index contributed by atoms with van der Waals surface area (Å²) in [4.78, 5) is 38.4. The molecule has 2 aromatic heterocycles. The van der Waals surface area contributed by atoms with Gasteiger partial charge in [0.15, 0.2) is 0 Å². The van der Waals surface area contributed by atoms with Crippen molar-refractivity contribution in [3.05, 3.63) is 70.0 Å². The van der Waals surface area contributed by atoms with Crippen LogP contribution in [0.15, 0.2) is 47.7 Å². The van der Waals surface area contributed by atoms with E-state index >= 15 is 0 Å². The third-order valence-electron chi connectivity index (χ3n) is 5.04. The molecule has 0 bridgehead atoms. The van der Waals surface area contributed by atoms with Gasteiger partial charge in [-0.1, -0.05) is 18.2 Å². The quantitative estimate of drug-likeness (QED) is 0.737. The number of para-hydroxylation sites is 1. The highest BCUT2D eigenvalue weighted by Crippen LogP contribution is 2.18. The van der Waals surface area contributed by atoms with Gasteiger partial charge in [-0.3, -0.25) is 14.6 Å². The number of carbonyl (C=O) groups excluding carboxylic acids is 1. The lowest BCUT2D eigenvalue weighted by Crippen LogP contribution is -2.38. The second-order valence-electron chi connectivity index (χ2n) is 7.07. The van der Waals surface area contributed by atoms with Gasteiger partial charge in [-0.15, -0.1) is 0 Å². The Labute approximate surface area is 162 Å². The molecule has 0 radical (unpaired) electrons. The molecule has 1 fully saturated rings. The fourth-order valence-corrected chi connectivity index (χ4v) is 3.58. The first kappa shape index (κ1) is 18.3. The third kappa shape index (κ3) is 3.80. The van der Waals surface area contributed by atoms with E-state index in [1.165, 1.54) is 18.6 Å². The Bertz CT molecular complexity index is 1040. The van der Waals surface area contributed by atoms with Crippen LogP contribution in [0.5, 0.6) is 0 Å². The molecule has 3 aromatic rings. The van der Waals surface area contributed by atoms with Crippen LogP contribution >= 0.6 is 0 Å². The molecule has 1 aliphatic rings. The zero-order valence-corrected chi connectivity index (χ0v) is 15.7. The summed E-state index contributed by atoms with van der Waals surface area (Å²) in [5.41, 5.74) is 2.43. The smallest absolute Gasteiger partial charge is 0.274 e. The molecule has 1 aliphatic heterocycles. The first-order valence-electron chi connectivity index (χ1n) is 9.40. The molecule has 1 amide bonds. The standard InChI is InChI=1S/C21H22N4O3/c1-14-4-2-5-15-10-16(20(26)24-19(14)15)12-25(13-17-6-3-9-28-17)21(27)18-11-22-7-8-23-18/h2,4-5,7-8,10-11,17H,3,6,9,12-13H2,1H3,(H,24,26). The van der Waals surface area contributed by atoms with Crippen molar-refractivity contribution in [1.29, 1.82) is 0 Å². The zero-order valence-electron chi connectivity index (χ0n) is 15.7. The molecule has 1 aromatic carbocycles. The molecule has 28 heavy (non-hydrogen) atoms. The van der Waals surface area contributed by atoms with Crippen molar-refractivity contribution < 1.29 is 9.53 Å². The van der Waals surface area contributed by atoms with E-state index in [1.807, 2.05) is 31.2 Å². The monoisotopic (exact) mass is 378 g/mol. The molecule has 1 unspecified atom stereocenters. The summed E-state index contributed by atoms with van der Waals surface area (Å²) in [6.07, 6.45) is 6.31. The number of nitrogens with one attached hydrogen (secondary N) is 1. The number of aryl methyl sites for hydroxylation is 1. The molecule has 0 saturated carbocycles. The first-order valence-corrected chi connectivity index (χ1v) is 9.40. The molecule has 144 valence electrons. The van der Waals surface area contributed by atoms with E-state index < -0.39 is 0 Å². The Morgan fingerprint density at radius 1 is 1.36 bits per heavy atom. The number of benzene rings is 1. The van der Waals surface area contributed by atoms with E-state index in [0.717, 1.165) is 29.3 Å². The van der Waals surface area contributed by atoms with Crippen LogP contribution in [-0.2, 0) is 11.3 Å². The molecule has 0 aliphatic carbocycles. The molecule has 3 heterocycles. The number of fused-ring (bicyclic) bond motifs is 1. The number of ether oxygens (including phenoxy) is 1. The predicted molar refractivity (Wildman–Crippen MR) is 105 cm³/mol. The Hall–Kier alpha value is -3.06. The van der Waals surface area contributed by atoms with Crippen LogP contribution in [0.4, 0.5) is 0 Å². The van der Waals surface area contributed by atoms with Gasteiger partial charge in [-0.05, 0) is 36.8 Å². The number of amides is 1. The van der Waals surface area contributed by atoms with Crippen molar-refractivity contribution in [3.8, 4) is 0 Å². The molecule has 1 atom stereocenters. The number of pyridine rings is 1. The average Bonchev–Trinajstić information content (AvgIpc) is 3.22. The summed E-state index contributed by atoms with van der Waals surface area (Å²) in [5, 5.41) is 0.943. The Morgan fingerprint density at radius 2 is 2.25 bits per heavy atom. The van der Waals surface area contributed by atoms with Crippen molar-refractivity contribution in [1.82, 2.24) is 19.9 Å². The van der Waals surface area contributed by atoms with Gasteiger partial charge >= 0.3 is 0 Å². The van der Waals surface area contributed by atoms with Crippen molar-refractivity contribution in [3.63, 3.8) is 0 Å². The van der Waals surface area contributed by atoms with E-state index in [9.17, 15) is 9.59 Å². The summed E-state index contributed by atoms with van der Waals surface area (Å²) in [6.45, 7) is 3.27. The Balaban J connectivity index is 1.67.